The van der Waals surface area contributed by atoms with Crippen LogP contribution < -0.4 is 10.1 Å². The lowest BCUT2D eigenvalue weighted by molar-refractivity contribution is -0.385. The number of unbranched alkanes of at least 4 members (excludes halogenated alkanes) is 2. The molecule has 1 aromatic carbocycles. The predicted octanol–water partition coefficient (Wildman–Crippen LogP) is 2.30. The van der Waals surface area contributed by atoms with Crippen molar-refractivity contribution in [3.05, 3.63) is 33.9 Å². The van der Waals surface area contributed by atoms with E-state index in [2.05, 4.69) is 5.32 Å². The number of rotatable bonds is 10. The third-order valence-corrected chi connectivity index (χ3v) is 3.52. The Labute approximate surface area is 140 Å². The molecule has 0 aromatic heterocycles. The molecule has 0 unspecified atom stereocenters. The molecule has 0 radical (unpaired) electrons. The van der Waals surface area contributed by atoms with Gasteiger partial charge in [-0.25, -0.2) is 4.79 Å². The van der Waals surface area contributed by atoms with Crippen molar-refractivity contribution in [3.63, 3.8) is 0 Å². The zero-order chi connectivity index (χ0) is 18.1. The van der Waals surface area contributed by atoms with Crippen molar-refractivity contribution in [1.29, 1.82) is 0 Å². The van der Waals surface area contributed by atoms with Crippen LogP contribution in [0.15, 0.2) is 18.2 Å². The third-order valence-electron chi connectivity index (χ3n) is 3.52. The minimum Gasteiger partial charge on any atom is -0.490 e. The molecule has 0 spiro atoms. The van der Waals surface area contributed by atoms with E-state index in [-0.39, 0.29) is 30.2 Å². The van der Waals surface area contributed by atoms with Crippen LogP contribution in [0, 0.1) is 10.1 Å². The van der Waals surface area contributed by atoms with Gasteiger partial charge in [-0.2, -0.15) is 0 Å². The fraction of sp³-hybridized carbons (Fsp3) is 0.500. The molecule has 132 valence electrons. The summed E-state index contributed by atoms with van der Waals surface area (Å²) >= 11 is 0. The number of carbonyl (C=O) groups is 2. The Bertz CT molecular complexity index is 602. The molecule has 0 heterocycles. The minimum atomic E-state index is -1.18. The van der Waals surface area contributed by atoms with Crippen LogP contribution in [-0.4, -0.2) is 35.1 Å². The molecular formula is C16H22N2O6. The van der Waals surface area contributed by atoms with Crippen LogP contribution in [0.4, 0.5) is 5.69 Å². The zero-order valence-corrected chi connectivity index (χ0v) is 13.8. The first-order chi connectivity index (χ1) is 11.4. The van der Waals surface area contributed by atoms with Crippen molar-refractivity contribution >= 4 is 17.6 Å². The van der Waals surface area contributed by atoms with E-state index >= 15 is 0 Å². The number of carboxylic acids is 1. The molecule has 1 atom stereocenters. The molecule has 0 saturated carbocycles. The van der Waals surface area contributed by atoms with Gasteiger partial charge in [0, 0.05) is 18.9 Å². The first kappa shape index (κ1) is 19.4. The molecule has 0 aliphatic rings. The maximum Gasteiger partial charge on any atom is 0.326 e. The summed E-state index contributed by atoms with van der Waals surface area (Å²) in [4.78, 5) is 33.6. The molecule has 24 heavy (non-hydrogen) atoms. The lowest BCUT2D eigenvalue weighted by Crippen LogP contribution is -2.42. The molecule has 1 rings (SSSR count). The molecule has 0 fully saturated rings. The van der Waals surface area contributed by atoms with Crippen molar-refractivity contribution in [1.82, 2.24) is 5.32 Å². The number of hydrogen-bond donors (Lipinski definition) is 2. The van der Waals surface area contributed by atoms with E-state index in [1.54, 1.807) is 6.07 Å². The number of nitro benzene ring substituents is 1. The van der Waals surface area contributed by atoms with Gasteiger partial charge in [0.25, 0.3) is 0 Å². The lowest BCUT2D eigenvalue weighted by Gasteiger charge is -2.15. The van der Waals surface area contributed by atoms with Crippen molar-refractivity contribution < 1.29 is 24.4 Å². The Morgan fingerprint density at radius 1 is 1.38 bits per heavy atom. The molecule has 0 aliphatic carbocycles. The summed E-state index contributed by atoms with van der Waals surface area (Å²) in [5.41, 5.74) is 0.192. The van der Waals surface area contributed by atoms with E-state index in [0.29, 0.717) is 12.0 Å². The largest absolute Gasteiger partial charge is 0.490 e. The molecular weight excluding hydrogens is 316 g/mol. The summed E-state index contributed by atoms with van der Waals surface area (Å²) in [6, 6.07) is 3.09. The topological polar surface area (TPSA) is 119 Å². The van der Waals surface area contributed by atoms with Crippen LogP contribution >= 0.6 is 0 Å². The number of nitrogens with zero attached hydrogens (tertiary/aromatic N) is 1. The highest BCUT2D eigenvalue weighted by atomic mass is 16.6. The summed E-state index contributed by atoms with van der Waals surface area (Å²) < 4.78 is 4.91. The smallest absolute Gasteiger partial charge is 0.326 e. The van der Waals surface area contributed by atoms with Crippen LogP contribution in [0.5, 0.6) is 5.75 Å². The highest BCUT2D eigenvalue weighted by Gasteiger charge is 2.22. The fourth-order valence-corrected chi connectivity index (χ4v) is 2.24. The fourth-order valence-electron chi connectivity index (χ4n) is 2.24. The normalized spacial score (nSPS) is 11.6. The van der Waals surface area contributed by atoms with Gasteiger partial charge < -0.3 is 15.2 Å². The first-order valence-electron chi connectivity index (χ1n) is 7.72. The van der Waals surface area contributed by atoms with Crippen molar-refractivity contribution in [2.45, 2.75) is 45.1 Å². The summed E-state index contributed by atoms with van der Waals surface area (Å²) in [5, 5.41) is 22.7. The van der Waals surface area contributed by atoms with E-state index < -0.39 is 16.9 Å². The van der Waals surface area contributed by atoms with Gasteiger partial charge in [0.1, 0.15) is 6.04 Å². The summed E-state index contributed by atoms with van der Waals surface area (Å²) in [6.07, 6.45) is 2.78. The molecule has 1 amide bonds. The molecule has 0 aliphatic heterocycles. The Hall–Kier alpha value is -2.64. The Morgan fingerprint density at radius 2 is 2.08 bits per heavy atom. The number of benzene rings is 1. The van der Waals surface area contributed by atoms with Gasteiger partial charge in [0.2, 0.25) is 5.91 Å². The van der Waals surface area contributed by atoms with E-state index in [9.17, 15) is 24.8 Å². The Morgan fingerprint density at radius 3 is 2.62 bits per heavy atom. The third kappa shape index (κ3) is 5.86. The monoisotopic (exact) mass is 338 g/mol. The number of hydrogen-bond acceptors (Lipinski definition) is 5. The SMILES string of the molecule is CCCCCC(=O)N[C@@H](Cc1ccc(OC)c([N+](=O)[O-])c1)C(=O)O. The summed E-state index contributed by atoms with van der Waals surface area (Å²) in [5.74, 6) is -1.42. The zero-order valence-electron chi connectivity index (χ0n) is 13.8. The van der Waals surface area contributed by atoms with Gasteiger partial charge in [0.15, 0.2) is 5.75 Å². The van der Waals surface area contributed by atoms with Gasteiger partial charge >= 0.3 is 11.7 Å². The van der Waals surface area contributed by atoms with Gasteiger partial charge in [0.05, 0.1) is 12.0 Å². The van der Waals surface area contributed by atoms with E-state index in [1.165, 1.54) is 19.2 Å². The standard InChI is InChI=1S/C16H22N2O6/c1-3-4-5-6-15(19)17-12(16(20)21)9-11-7-8-14(24-2)13(10-11)18(22)23/h7-8,10,12H,3-6,9H2,1-2H3,(H,17,19)(H,20,21)/t12-/m0/s1. The molecule has 0 bridgehead atoms. The Kier molecular flexibility index (Phi) is 7.67. The van der Waals surface area contributed by atoms with Gasteiger partial charge in [-0.05, 0) is 18.1 Å². The van der Waals surface area contributed by atoms with E-state index in [0.717, 1.165) is 12.8 Å². The number of aliphatic carboxylic acids is 1. The molecule has 0 saturated heterocycles. The van der Waals surface area contributed by atoms with Crippen molar-refractivity contribution in [3.8, 4) is 5.75 Å². The highest BCUT2D eigenvalue weighted by Crippen LogP contribution is 2.28. The number of carboxylic acid groups (broad SMARTS) is 1. The summed E-state index contributed by atoms with van der Waals surface area (Å²) in [7, 11) is 1.32. The number of ether oxygens (including phenoxy) is 1. The van der Waals surface area contributed by atoms with Gasteiger partial charge in [-0.15, -0.1) is 0 Å². The molecule has 2 N–H and O–H groups in total. The van der Waals surface area contributed by atoms with Crippen molar-refractivity contribution in [2.75, 3.05) is 7.11 Å². The quantitative estimate of drug-likeness (QED) is 0.384. The van der Waals surface area contributed by atoms with Gasteiger partial charge in [-0.3, -0.25) is 14.9 Å². The number of carbonyl (C=O) groups excluding carboxylic acids is 1. The summed E-state index contributed by atoms with van der Waals surface area (Å²) in [6.45, 7) is 2.01. The maximum atomic E-state index is 11.8. The second kappa shape index (κ2) is 9.49. The van der Waals surface area contributed by atoms with Gasteiger partial charge in [-0.1, -0.05) is 25.8 Å². The van der Waals surface area contributed by atoms with E-state index in [1.807, 2.05) is 6.92 Å². The highest BCUT2D eigenvalue weighted by molar-refractivity contribution is 5.83. The van der Waals surface area contributed by atoms with Crippen LogP contribution in [-0.2, 0) is 16.0 Å². The average Bonchev–Trinajstić information content (AvgIpc) is 2.54. The van der Waals surface area contributed by atoms with Crippen LogP contribution in [0.2, 0.25) is 0 Å². The maximum absolute atomic E-state index is 11.8. The van der Waals surface area contributed by atoms with Crippen molar-refractivity contribution in [2.24, 2.45) is 0 Å². The van der Waals surface area contributed by atoms with Crippen LogP contribution in [0.1, 0.15) is 38.2 Å². The first-order valence-corrected chi connectivity index (χ1v) is 7.72. The number of nitrogens with one attached hydrogen (secondary N) is 1. The average molecular weight is 338 g/mol. The Balaban J connectivity index is 2.82. The van der Waals surface area contributed by atoms with Crippen LogP contribution in [0.25, 0.3) is 0 Å². The predicted molar refractivity (Wildman–Crippen MR) is 87.1 cm³/mol. The molecule has 8 heteroatoms. The number of methoxy groups -OCH3 is 1. The minimum absolute atomic E-state index is 0.0420. The second-order valence-electron chi connectivity index (χ2n) is 5.38. The van der Waals surface area contributed by atoms with Crippen LogP contribution in [0.3, 0.4) is 0 Å². The molecule has 1 aromatic rings. The molecule has 8 nitrogen and oxygen atoms in total. The van der Waals surface area contributed by atoms with E-state index in [4.69, 9.17) is 4.74 Å². The number of amides is 1. The second-order valence-corrected chi connectivity index (χ2v) is 5.38. The number of nitro groups is 1. The lowest BCUT2D eigenvalue weighted by atomic mass is 10.0.